The van der Waals surface area contributed by atoms with E-state index < -0.39 is 21.8 Å². The van der Waals surface area contributed by atoms with Crippen LogP contribution >= 0.6 is 0 Å². The second-order valence-corrected chi connectivity index (χ2v) is 14.8. The number of aryl methyl sites for hydroxylation is 2. The Balaban J connectivity index is 0.000000231. The van der Waals surface area contributed by atoms with Gasteiger partial charge in [0.2, 0.25) is 0 Å². The fourth-order valence-electron chi connectivity index (χ4n) is 3.83. The van der Waals surface area contributed by atoms with E-state index in [0.29, 0.717) is 28.6 Å². The Kier molecular flexibility index (Phi) is 6.59. The van der Waals surface area contributed by atoms with E-state index in [1.54, 1.807) is 30.3 Å². The summed E-state index contributed by atoms with van der Waals surface area (Å²) in [6.45, 7) is 1.79. The molecular formula is C33H30IrN2O2Si-2. The summed E-state index contributed by atoms with van der Waals surface area (Å²) in [6.07, 6.45) is 3.09. The molecule has 2 aromatic heterocycles. The third kappa shape index (κ3) is 6.53. The molecule has 5 aromatic rings. The first-order valence-electron chi connectivity index (χ1n) is 15.2. The molecule has 4 nitrogen and oxygen atoms in total. The van der Waals surface area contributed by atoms with Gasteiger partial charge in [-0.2, -0.15) is 0 Å². The van der Waals surface area contributed by atoms with Gasteiger partial charge < -0.3 is 19.4 Å². The van der Waals surface area contributed by atoms with Crippen molar-refractivity contribution in [3.05, 3.63) is 115 Å². The monoisotopic (exact) mass is 713 g/mol. The number of fused-ring (bicyclic) bond motifs is 2. The molecule has 6 rings (SSSR count). The van der Waals surface area contributed by atoms with Crippen LogP contribution in [0.25, 0.3) is 22.5 Å². The van der Waals surface area contributed by atoms with Gasteiger partial charge in [-0.15, -0.1) is 48.0 Å². The van der Waals surface area contributed by atoms with Crippen molar-refractivity contribution in [3.8, 4) is 45.5 Å². The fourth-order valence-corrected chi connectivity index (χ4v) is 4.86. The van der Waals surface area contributed by atoms with Crippen LogP contribution < -0.4 is 14.7 Å². The summed E-state index contributed by atoms with van der Waals surface area (Å²) in [5, 5.41) is 1.40. The zero-order chi connectivity index (χ0) is 31.7. The molecule has 1 aliphatic heterocycles. The molecule has 1 aliphatic rings. The molecule has 1 radical (unpaired) electrons. The molecule has 39 heavy (non-hydrogen) atoms. The van der Waals surface area contributed by atoms with Gasteiger partial charge in [-0.3, -0.25) is 0 Å². The van der Waals surface area contributed by atoms with Crippen LogP contribution in [-0.2, 0) is 20.1 Å². The molecule has 0 saturated heterocycles. The zero-order valence-electron chi connectivity index (χ0n) is 27.7. The number of ether oxygens (including phenoxy) is 2. The van der Waals surface area contributed by atoms with Crippen LogP contribution in [0.1, 0.15) is 19.4 Å². The number of benzene rings is 3. The van der Waals surface area contributed by atoms with E-state index in [2.05, 4.69) is 53.9 Å². The summed E-state index contributed by atoms with van der Waals surface area (Å²) in [7, 11) is -1.23. The van der Waals surface area contributed by atoms with E-state index in [9.17, 15) is 0 Å². The van der Waals surface area contributed by atoms with E-state index in [-0.39, 0.29) is 36.9 Å². The predicted octanol–water partition coefficient (Wildman–Crippen LogP) is 8.16. The van der Waals surface area contributed by atoms with Crippen molar-refractivity contribution in [1.82, 2.24) is 9.97 Å². The first-order chi connectivity index (χ1) is 20.7. The van der Waals surface area contributed by atoms with Crippen molar-refractivity contribution < 1.29 is 37.8 Å². The van der Waals surface area contributed by atoms with E-state index >= 15 is 0 Å². The predicted molar refractivity (Wildman–Crippen MR) is 156 cm³/mol. The van der Waals surface area contributed by atoms with Crippen LogP contribution in [0, 0.1) is 25.8 Å². The van der Waals surface area contributed by atoms with Crippen LogP contribution in [0.2, 0.25) is 19.6 Å². The average Bonchev–Trinajstić information content (AvgIpc) is 2.99. The van der Waals surface area contributed by atoms with E-state index in [0.717, 1.165) is 17.5 Å². The van der Waals surface area contributed by atoms with E-state index in [1.165, 1.54) is 11.3 Å². The molecule has 0 spiro atoms. The fraction of sp³-hybridized carbons (Fsp3) is 0.152. The minimum absolute atomic E-state index is 0. The van der Waals surface area contributed by atoms with Crippen LogP contribution in [0.15, 0.2) is 91.3 Å². The van der Waals surface area contributed by atoms with Gasteiger partial charge in [0.15, 0.2) is 11.5 Å². The zero-order valence-corrected chi connectivity index (χ0v) is 25.1. The Morgan fingerprint density at radius 3 is 2.13 bits per heavy atom. The normalized spacial score (nSPS) is 14.3. The van der Waals surface area contributed by atoms with Gasteiger partial charge in [-0.25, -0.2) is 0 Å². The molecule has 0 N–H and O–H groups in total. The molecule has 0 atom stereocenters. The van der Waals surface area contributed by atoms with E-state index in [1.807, 2.05) is 36.5 Å². The molecule has 0 fully saturated rings. The van der Waals surface area contributed by atoms with Crippen LogP contribution in [0.4, 0.5) is 0 Å². The van der Waals surface area contributed by atoms with E-state index in [4.69, 9.17) is 17.7 Å². The summed E-state index contributed by atoms with van der Waals surface area (Å²) in [4.78, 5) is 8.70. The molecule has 0 aliphatic carbocycles. The topological polar surface area (TPSA) is 44.2 Å². The largest absolute Gasteiger partial charge is 0.494 e. The van der Waals surface area contributed by atoms with Crippen LogP contribution in [0.3, 0.4) is 0 Å². The summed E-state index contributed by atoms with van der Waals surface area (Å²) >= 11 is 0. The summed E-state index contributed by atoms with van der Waals surface area (Å²) in [5.74, 6) is 1.84. The van der Waals surface area contributed by atoms with Gasteiger partial charge in [-0.1, -0.05) is 67.2 Å². The Morgan fingerprint density at radius 2 is 1.46 bits per heavy atom. The van der Waals surface area contributed by atoms with Crippen molar-refractivity contribution in [1.29, 1.82) is 0 Å². The van der Waals surface area contributed by atoms with Crippen molar-refractivity contribution in [2.45, 2.75) is 33.3 Å². The Morgan fingerprint density at radius 1 is 0.718 bits per heavy atom. The van der Waals surface area contributed by atoms with Crippen molar-refractivity contribution in [3.63, 3.8) is 0 Å². The third-order valence-electron chi connectivity index (χ3n) is 5.97. The van der Waals surface area contributed by atoms with Crippen molar-refractivity contribution in [2.24, 2.45) is 0 Å². The number of aromatic nitrogens is 2. The summed E-state index contributed by atoms with van der Waals surface area (Å²) < 4.78 is 57.7. The minimum Gasteiger partial charge on any atom is -0.494 e. The molecule has 6 heteroatoms. The van der Waals surface area contributed by atoms with Gasteiger partial charge in [0, 0.05) is 40.7 Å². The number of hydrogen-bond acceptors (Lipinski definition) is 4. The van der Waals surface area contributed by atoms with Gasteiger partial charge >= 0.3 is 0 Å². The number of para-hydroxylation sites is 2. The smallest absolute Gasteiger partial charge is 0.166 e. The maximum absolute atomic E-state index is 7.73. The van der Waals surface area contributed by atoms with Gasteiger partial charge in [0.1, 0.15) is 0 Å². The van der Waals surface area contributed by atoms with Gasteiger partial charge in [0.25, 0.3) is 0 Å². The molecule has 0 unspecified atom stereocenters. The molecule has 0 saturated carbocycles. The Labute approximate surface area is 253 Å². The number of nitrogens with zero attached hydrogens (tertiary/aromatic N) is 2. The maximum atomic E-state index is 7.73. The molecule has 3 aromatic carbocycles. The Bertz CT molecular complexity index is 1770. The second-order valence-electron chi connectivity index (χ2n) is 9.77. The summed E-state index contributed by atoms with van der Waals surface area (Å²) in [6, 6.07) is 30.1. The number of hydrogen-bond donors (Lipinski definition) is 0. The summed E-state index contributed by atoms with van der Waals surface area (Å²) in [5.41, 5.74) is 2.10. The third-order valence-corrected chi connectivity index (χ3v) is 8.00. The maximum Gasteiger partial charge on any atom is 0.166 e. The SMILES string of the molecule is C[Si](C)(C)c1ccc(-c2[c-]cccc2)nc1.[2H]C([2H])([2H])c1cnc(-c2[c-]ccc3c2Oc2ccccc2O3)cc1C([2H])([2H])[2H].[Ir]. The quantitative estimate of drug-likeness (QED) is 0.137. The molecule has 0 amide bonds. The average molecular weight is 713 g/mol. The molecular weight excluding hydrogens is 677 g/mol. The van der Waals surface area contributed by atoms with Crippen LogP contribution in [-0.4, -0.2) is 18.0 Å². The first-order valence-corrected chi connectivity index (χ1v) is 15.7. The standard InChI is InChI=1S/C19H14NO2.C14H16NSi.Ir/c1-12-10-15(20-11-13(12)2)14-6-5-9-18-19(14)22-17-8-4-3-7-16(17)21-18;1-16(2,3)13-9-10-14(15-11-13)12-7-5-4-6-8-12;/h3-5,7-11H,1-2H3;4-7,9-11H,1-3H3;/q2*-1;/i1D3,2D3;;. The minimum atomic E-state index is -2.61. The van der Waals surface area contributed by atoms with Crippen LogP contribution in [0.5, 0.6) is 23.0 Å². The molecule has 0 bridgehead atoms. The second kappa shape index (κ2) is 12.1. The van der Waals surface area contributed by atoms with Gasteiger partial charge in [-0.05, 0) is 48.0 Å². The van der Waals surface area contributed by atoms with Gasteiger partial charge in [0.05, 0.1) is 19.6 Å². The first kappa shape index (κ1) is 21.3. The van der Waals surface area contributed by atoms with Crippen molar-refractivity contribution >= 4 is 13.3 Å². The molecule has 199 valence electrons. The Hall–Kier alpha value is -3.57. The number of pyridine rings is 2. The molecule has 3 heterocycles. The number of rotatable bonds is 3. The van der Waals surface area contributed by atoms with Crippen molar-refractivity contribution in [2.75, 3.05) is 0 Å².